The van der Waals surface area contributed by atoms with Gasteiger partial charge in [0.15, 0.2) is 11.0 Å². The third-order valence-electron chi connectivity index (χ3n) is 4.10. The first kappa shape index (κ1) is 17.7. The second kappa shape index (κ2) is 7.49. The summed E-state index contributed by atoms with van der Waals surface area (Å²) in [4.78, 5) is 17.1. The Balaban J connectivity index is 1.80. The second-order valence-corrected chi connectivity index (χ2v) is 6.90. The standard InChI is InChI=1S/C17H18N6O3S/c1-11-18-14(26-21-11)10-27-17-20-19-16-22(8-5-9-25-2)15(24)12-6-3-4-7-13(12)23(16)17/h3-4,6-7H,5,8-10H2,1-2H3. The van der Waals surface area contributed by atoms with Gasteiger partial charge in [0, 0.05) is 20.3 Å². The van der Waals surface area contributed by atoms with E-state index in [4.69, 9.17) is 9.26 Å². The van der Waals surface area contributed by atoms with Gasteiger partial charge in [-0.25, -0.2) is 0 Å². The minimum atomic E-state index is -0.0781. The normalized spacial score (nSPS) is 11.6. The quantitative estimate of drug-likeness (QED) is 0.351. The Bertz CT molecular complexity index is 1150. The zero-order valence-corrected chi connectivity index (χ0v) is 15.8. The van der Waals surface area contributed by atoms with Gasteiger partial charge in [-0.05, 0) is 25.5 Å². The molecular formula is C17H18N6O3S. The van der Waals surface area contributed by atoms with E-state index in [0.717, 1.165) is 5.52 Å². The highest BCUT2D eigenvalue weighted by atomic mass is 32.2. The molecule has 0 unspecified atom stereocenters. The molecule has 0 saturated heterocycles. The predicted molar refractivity (Wildman–Crippen MR) is 99.8 cm³/mol. The monoisotopic (exact) mass is 386 g/mol. The number of nitrogens with zero attached hydrogens (tertiary/aromatic N) is 6. The number of fused-ring (bicyclic) bond motifs is 3. The van der Waals surface area contributed by atoms with Crippen LogP contribution in [-0.2, 0) is 17.0 Å². The van der Waals surface area contributed by atoms with Crippen molar-refractivity contribution in [1.82, 2.24) is 29.3 Å². The number of aryl methyl sites for hydroxylation is 2. The highest BCUT2D eigenvalue weighted by Gasteiger charge is 2.17. The summed E-state index contributed by atoms with van der Waals surface area (Å²) < 4.78 is 13.8. The van der Waals surface area contributed by atoms with Gasteiger partial charge in [0.05, 0.1) is 16.7 Å². The van der Waals surface area contributed by atoms with Crippen LogP contribution in [0.25, 0.3) is 16.7 Å². The number of benzene rings is 1. The lowest BCUT2D eigenvalue weighted by Gasteiger charge is -2.10. The van der Waals surface area contributed by atoms with E-state index in [1.807, 2.05) is 28.7 Å². The van der Waals surface area contributed by atoms with Gasteiger partial charge in [-0.3, -0.25) is 13.8 Å². The molecule has 9 nitrogen and oxygen atoms in total. The first-order valence-corrected chi connectivity index (χ1v) is 9.45. The number of rotatable bonds is 7. The molecule has 0 fully saturated rings. The molecule has 0 amide bonds. The van der Waals surface area contributed by atoms with Crippen LogP contribution in [0, 0.1) is 6.92 Å². The number of thioether (sulfide) groups is 1. The largest absolute Gasteiger partial charge is 0.385 e. The van der Waals surface area contributed by atoms with Gasteiger partial charge in [-0.15, -0.1) is 10.2 Å². The lowest BCUT2D eigenvalue weighted by molar-refractivity contribution is 0.190. The van der Waals surface area contributed by atoms with Crippen LogP contribution in [0.4, 0.5) is 0 Å². The first-order chi connectivity index (χ1) is 13.2. The molecule has 3 aromatic heterocycles. The smallest absolute Gasteiger partial charge is 0.262 e. The molecular weight excluding hydrogens is 368 g/mol. The van der Waals surface area contributed by atoms with Crippen molar-refractivity contribution >= 4 is 28.4 Å². The Labute approximate surface area is 158 Å². The lowest BCUT2D eigenvalue weighted by Crippen LogP contribution is -2.24. The number of aromatic nitrogens is 6. The van der Waals surface area contributed by atoms with Gasteiger partial charge in [0.2, 0.25) is 11.7 Å². The highest BCUT2D eigenvalue weighted by molar-refractivity contribution is 7.98. The minimum absolute atomic E-state index is 0.0781. The molecule has 0 spiro atoms. The van der Waals surface area contributed by atoms with Crippen LogP contribution >= 0.6 is 11.8 Å². The van der Waals surface area contributed by atoms with Gasteiger partial charge in [-0.2, -0.15) is 4.98 Å². The fourth-order valence-corrected chi connectivity index (χ4v) is 3.70. The van der Waals surface area contributed by atoms with E-state index >= 15 is 0 Å². The van der Waals surface area contributed by atoms with Crippen molar-refractivity contribution in [2.75, 3.05) is 13.7 Å². The average Bonchev–Trinajstić information content (AvgIpc) is 3.29. The molecule has 10 heteroatoms. The van der Waals surface area contributed by atoms with Crippen molar-refractivity contribution in [2.24, 2.45) is 0 Å². The lowest BCUT2D eigenvalue weighted by atomic mass is 10.2. The molecule has 4 aromatic rings. The molecule has 140 valence electrons. The third-order valence-corrected chi connectivity index (χ3v) is 5.02. The SMILES string of the molecule is COCCCn1c(=O)c2ccccc2n2c(SCc3nc(C)no3)nnc12. The van der Waals surface area contributed by atoms with Crippen molar-refractivity contribution in [3.05, 3.63) is 46.3 Å². The third kappa shape index (κ3) is 3.33. The van der Waals surface area contributed by atoms with Crippen molar-refractivity contribution in [2.45, 2.75) is 30.8 Å². The van der Waals surface area contributed by atoms with Crippen LogP contribution in [0.15, 0.2) is 38.7 Å². The fourth-order valence-electron chi connectivity index (χ4n) is 2.92. The average molecular weight is 386 g/mol. The van der Waals surface area contributed by atoms with Gasteiger partial charge < -0.3 is 9.26 Å². The Kier molecular flexibility index (Phi) is 4.90. The van der Waals surface area contributed by atoms with Crippen molar-refractivity contribution < 1.29 is 9.26 Å². The van der Waals surface area contributed by atoms with E-state index < -0.39 is 0 Å². The molecule has 27 heavy (non-hydrogen) atoms. The number of hydrogen-bond donors (Lipinski definition) is 0. The van der Waals surface area contributed by atoms with Crippen LogP contribution in [0.1, 0.15) is 18.1 Å². The van der Waals surface area contributed by atoms with Crippen molar-refractivity contribution in [3.8, 4) is 0 Å². The van der Waals surface area contributed by atoms with Crippen LogP contribution in [-0.4, -0.2) is 43.0 Å². The topological polar surface area (TPSA) is 100 Å². The van der Waals surface area contributed by atoms with Crippen molar-refractivity contribution in [3.63, 3.8) is 0 Å². The fraction of sp³-hybridized carbons (Fsp3) is 0.353. The number of para-hydroxylation sites is 1. The summed E-state index contributed by atoms with van der Waals surface area (Å²) in [5, 5.41) is 13.6. The van der Waals surface area contributed by atoms with Crippen molar-refractivity contribution in [1.29, 1.82) is 0 Å². The van der Waals surface area contributed by atoms with Gasteiger partial charge in [-0.1, -0.05) is 29.1 Å². The van der Waals surface area contributed by atoms with Crippen LogP contribution in [0.5, 0.6) is 0 Å². The van der Waals surface area contributed by atoms with E-state index in [2.05, 4.69) is 20.3 Å². The zero-order valence-electron chi connectivity index (χ0n) is 15.0. The number of methoxy groups -OCH3 is 1. The number of hydrogen-bond acceptors (Lipinski definition) is 8. The minimum Gasteiger partial charge on any atom is -0.385 e. The van der Waals surface area contributed by atoms with Gasteiger partial charge in [0.1, 0.15) is 0 Å². The molecule has 0 N–H and O–H groups in total. The summed E-state index contributed by atoms with van der Waals surface area (Å²) in [6.45, 7) is 2.85. The summed E-state index contributed by atoms with van der Waals surface area (Å²) in [6.07, 6.45) is 0.709. The molecule has 4 rings (SSSR count). The van der Waals surface area contributed by atoms with Crippen LogP contribution in [0.2, 0.25) is 0 Å². The molecule has 0 radical (unpaired) electrons. The van der Waals surface area contributed by atoms with Crippen LogP contribution in [0.3, 0.4) is 0 Å². The molecule has 1 aromatic carbocycles. The van der Waals surface area contributed by atoms with E-state index in [0.29, 0.717) is 53.4 Å². The molecule has 0 atom stereocenters. The molecule has 3 heterocycles. The summed E-state index contributed by atoms with van der Waals surface area (Å²) in [7, 11) is 1.64. The molecule has 0 aliphatic rings. The Morgan fingerprint density at radius 3 is 2.89 bits per heavy atom. The predicted octanol–water partition coefficient (Wildman–Crippen LogP) is 2.06. The Hall–Kier alpha value is -2.72. The second-order valence-electron chi connectivity index (χ2n) is 5.96. The summed E-state index contributed by atoms with van der Waals surface area (Å²) in [6, 6.07) is 7.47. The number of ether oxygens (including phenoxy) is 1. The van der Waals surface area contributed by atoms with E-state index in [-0.39, 0.29) is 5.56 Å². The molecule has 0 aliphatic heterocycles. The maximum atomic E-state index is 12.9. The summed E-state index contributed by atoms with van der Waals surface area (Å²) in [5.41, 5.74) is 0.695. The van der Waals surface area contributed by atoms with Gasteiger partial charge in [0.25, 0.3) is 5.56 Å². The van der Waals surface area contributed by atoms with Gasteiger partial charge >= 0.3 is 0 Å². The zero-order chi connectivity index (χ0) is 18.8. The van der Waals surface area contributed by atoms with E-state index in [1.165, 1.54) is 11.8 Å². The molecule has 0 bridgehead atoms. The maximum Gasteiger partial charge on any atom is 0.262 e. The highest BCUT2D eigenvalue weighted by Crippen LogP contribution is 2.24. The van der Waals surface area contributed by atoms with Crippen LogP contribution < -0.4 is 5.56 Å². The molecule has 0 saturated carbocycles. The Morgan fingerprint density at radius 1 is 1.26 bits per heavy atom. The molecule has 0 aliphatic carbocycles. The summed E-state index contributed by atoms with van der Waals surface area (Å²) in [5.74, 6) is 2.10. The first-order valence-electron chi connectivity index (χ1n) is 8.46. The van der Waals surface area contributed by atoms with E-state index in [1.54, 1.807) is 18.6 Å². The van der Waals surface area contributed by atoms with E-state index in [9.17, 15) is 4.79 Å². The summed E-state index contributed by atoms with van der Waals surface area (Å²) >= 11 is 1.43. The maximum absolute atomic E-state index is 12.9. The Morgan fingerprint density at radius 2 is 2.11 bits per heavy atom.